The first-order valence-corrected chi connectivity index (χ1v) is 9.72. The maximum Gasteiger partial charge on any atom is 0.269 e. The molecule has 0 bridgehead atoms. The largest absolute Gasteiger partial charge is 0.367 e. The zero-order chi connectivity index (χ0) is 20.3. The van der Waals surface area contributed by atoms with Crippen LogP contribution in [0.2, 0.25) is 0 Å². The second-order valence-electron chi connectivity index (χ2n) is 6.06. The van der Waals surface area contributed by atoms with Crippen molar-refractivity contribution in [2.24, 2.45) is 0 Å². The molecule has 2 aromatic rings. The van der Waals surface area contributed by atoms with Crippen LogP contribution in [0.15, 0.2) is 53.4 Å². The van der Waals surface area contributed by atoms with E-state index < -0.39 is 33.2 Å². The van der Waals surface area contributed by atoms with Crippen LogP contribution in [-0.4, -0.2) is 43.3 Å². The van der Waals surface area contributed by atoms with Crippen LogP contribution >= 0.6 is 0 Å². The summed E-state index contributed by atoms with van der Waals surface area (Å²) in [5.74, 6) is -0.491. The number of hydrogen-bond acceptors (Lipinski definition) is 7. The maximum atomic E-state index is 12.4. The highest BCUT2D eigenvalue weighted by Gasteiger charge is 2.30. The Morgan fingerprint density at radius 1 is 1.14 bits per heavy atom. The van der Waals surface area contributed by atoms with Gasteiger partial charge in [0.05, 0.1) is 22.5 Å². The topological polar surface area (TPSA) is 148 Å². The average molecular weight is 407 g/mol. The molecule has 1 fully saturated rings. The van der Waals surface area contributed by atoms with Crippen molar-refractivity contribution in [3.63, 3.8) is 0 Å². The molecule has 3 N–H and O–H groups in total. The number of aliphatic hydroxyl groups is 1. The third-order valence-corrected chi connectivity index (χ3v) is 5.64. The van der Waals surface area contributed by atoms with Gasteiger partial charge >= 0.3 is 0 Å². The van der Waals surface area contributed by atoms with E-state index in [1.165, 1.54) is 48.5 Å². The summed E-state index contributed by atoms with van der Waals surface area (Å²) >= 11 is 0. The third kappa shape index (κ3) is 4.51. The molecular weight excluding hydrogens is 390 g/mol. The number of hydrogen-bond donors (Lipinski definition) is 3. The van der Waals surface area contributed by atoms with Crippen LogP contribution in [0.3, 0.4) is 0 Å². The SMILES string of the molecule is O=C(Nc1ccc(S(=O)(=O)N[C@H]2CCO[C@@H]2O)cc1)c1ccc([N+](=O)[O-])cc1. The normalized spacial score (nSPS) is 19.3. The molecule has 0 aromatic heterocycles. The molecule has 0 spiro atoms. The number of sulfonamides is 1. The number of carbonyl (C=O) groups excluding carboxylic acids is 1. The summed E-state index contributed by atoms with van der Waals surface area (Å²) in [5, 5.41) is 22.8. The highest BCUT2D eigenvalue weighted by molar-refractivity contribution is 7.89. The molecule has 1 amide bonds. The van der Waals surface area contributed by atoms with Gasteiger partial charge in [0, 0.05) is 23.4 Å². The Bertz CT molecular complexity index is 975. The van der Waals surface area contributed by atoms with Crippen molar-refractivity contribution in [1.29, 1.82) is 0 Å². The first kappa shape index (κ1) is 19.9. The van der Waals surface area contributed by atoms with Crippen molar-refractivity contribution in [3.05, 3.63) is 64.2 Å². The Balaban J connectivity index is 1.66. The van der Waals surface area contributed by atoms with E-state index in [1.807, 2.05) is 0 Å². The van der Waals surface area contributed by atoms with Crippen LogP contribution in [0, 0.1) is 10.1 Å². The van der Waals surface area contributed by atoms with Gasteiger partial charge in [-0.3, -0.25) is 14.9 Å². The molecule has 1 saturated heterocycles. The molecule has 11 heteroatoms. The number of ether oxygens (including phenoxy) is 1. The summed E-state index contributed by atoms with van der Waals surface area (Å²) in [4.78, 5) is 22.2. The van der Waals surface area contributed by atoms with Crippen molar-refractivity contribution >= 4 is 27.3 Å². The average Bonchev–Trinajstić information content (AvgIpc) is 3.06. The summed E-state index contributed by atoms with van der Waals surface area (Å²) in [6.07, 6.45) is -0.820. The third-order valence-electron chi connectivity index (χ3n) is 4.13. The fraction of sp³-hybridized carbons (Fsp3) is 0.235. The van der Waals surface area contributed by atoms with E-state index in [2.05, 4.69) is 10.0 Å². The smallest absolute Gasteiger partial charge is 0.269 e. The number of nitro groups is 1. The maximum absolute atomic E-state index is 12.4. The quantitative estimate of drug-likeness (QED) is 0.482. The minimum absolute atomic E-state index is 0.0278. The summed E-state index contributed by atoms with van der Waals surface area (Å²) in [5.41, 5.74) is 0.446. The van der Waals surface area contributed by atoms with E-state index in [4.69, 9.17) is 4.74 Å². The fourth-order valence-electron chi connectivity index (χ4n) is 2.61. The number of benzene rings is 2. The molecule has 0 saturated carbocycles. The number of anilines is 1. The number of amides is 1. The molecule has 148 valence electrons. The summed E-state index contributed by atoms with van der Waals surface area (Å²) in [6.45, 7) is 0.266. The fourth-order valence-corrected chi connectivity index (χ4v) is 3.88. The van der Waals surface area contributed by atoms with Gasteiger partial charge in [-0.05, 0) is 42.8 Å². The number of nitrogens with one attached hydrogen (secondary N) is 2. The highest BCUT2D eigenvalue weighted by atomic mass is 32.2. The van der Waals surface area contributed by atoms with Crippen LogP contribution in [0.4, 0.5) is 11.4 Å². The van der Waals surface area contributed by atoms with Crippen molar-refractivity contribution in [1.82, 2.24) is 4.72 Å². The standard InChI is InChI=1S/C17H17N3O7S/c21-16(11-1-5-13(6-2-11)20(23)24)18-12-3-7-14(8-4-12)28(25,26)19-15-9-10-27-17(15)22/h1-8,15,17,19,22H,9-10H2,(H,18,21)/t15-,17-/m0/s1. The molecule has 28 heavy (non-hydrogen) atoms. The lowest BCUT2D eigenvalue weighted by Gasteiger charge is -2.15. The minimum atomic E-state index is -3.85. The Morgan fingerprint density at radius 3 is 2.32 bits per heavy atom. The molecule has 2 aromatic carbocycles. The van der Waals surface area contributed by atoms with Crippen molar-refractivity contribution in [2.75, 3.05) is 11.9 Å². The molecule has 1 aliphatic heterocycles. The predicted octanol–water partition coefficient (Wildman–Crippen LogP) is 1.23. The van der Waals surface area contributed by atoms with Crippen LogP contribution < -0.4 is 10.0 Å². The first-order valence-electron chi connectivity index (χ1n) is 8.24. The number of non-ortho nitro benzene ring substituents is 1. The zero-order valence-corrected chi connectivity index (χ0v) is 15.3. The van der Waals surface area contributed by atoms with Crippen LogP contribution in [0.5, 0.6) is 0 Å². The zero-order valence-electron chi connectivity index (χ0n) is 14.4. The van der Waals surface area contributed by atoms with Gasteiger partial charge in [-0.1, -0.05) is 0 Å². The lowest BCUT2D eigenvalue weighted by Crippen LogP contribution is -2.40. The number of nitrogens with zero attached hydrogens (tertiary/aromatic N) is 1. The molecule has 0 aliphatic carbocycles. The van der Waals surface area contributed by atoms with Crippen LogP contribution in [-0.2, 0) is 14.8 Å². The van der Waals surface area contributed by atoms with E-state index >= 15 is 0 Å². The Kier molecular flexibility index (Phi) is 5.70. The molecule has 0 unspecified atom stereocenters. The van der Waals surface area contributed by atoms with Gasteiger partial charge in [0.15, 0.2) is 6.29 Å². The highest BCUT2D eigenvalue weighted by Crippen LogP contribution is 2.19. The van der Waals surface area contributed by atoms with E-state index in [0.717, 1.165) is 0 Å². The van der Waals surface area contributed by atoms with Gasteiger partial charge in [0.1, 0.15) is 0 Å². The second kappa shape index (κ2) is 8.02. The minimum Gasteiger partial charge on any atom is -0.367 e. The molecule has 3 rings (SSSR count). The molecule has 1 heterocycles. The summed E-state index contributed by atoms with van der Waals surface area (Å²) in [7, 11) is -3.85. The number of rotatable bonds is 6. The molecular formula is C17H17N3O7S. The Labute approximate surface area is 160 Å². The predicted molar refractivity (Wildman–Crippen MR) is 98.2 cm³/mol. The van der Waals surface area contributed by atoms with Gasteiger partial charge in [-0.2, -0.15) is 0 Å². The van der Waals surface area contributed by atoms with Crippen molar-refractivity contribution in [2.45, 2.75) is 23.6 Å². The van der Waals surface area contributed by atoms with Gasteiger partial charge in [0.25, 0.3) is 11.6 Å². The van der Waals surface area contributed by atoms with Gasteiger partial charge in [-0.15, -0.1) is 0 Å². The Morgan fingerprint density at radius 2 is 1.79 bits per heavy atom. The lowest BCUT2D eigenvalue weighted by molar-refractivity contribution is -0.384. The first-order chi connectivity index (χ1) is 13.3. The molecule has 2 atom stereocenters. The number of aliphatic hydroxyl groups excluding tert-OH is 1. The molecule has 10 nitrogen and oxygen atoms in total. The van der Waals surface area contributed by atoms with Crippen molar-refractivity contribution in [3.8, 4) is 0 Å². The van der Waals surface area contributed by atoms with Gasteiger partial charge < -0.3 is 15.2 Å². The Hall–Kier alpha value is -2.86. The summed E-state index contributed by atoms with van der Waals surface area (Å²) in [6, 6.07) is 9.84. The van der Waals surface area contributed by atoms with Crippen LogP contribution in [0.25, 0.3) is 0 Å². The molecule has 1 aliphatic rings. The van der Waals surface area contributed by atoms with Crippen molar-refractivity contribution < 1.29 is 28.0 Å². The second-order valence-corrected chi connectivity index (χ2v) is 7.77. The van der Waals surface area contributed by atoms with E-state index in [-0.39, 0.29) is 22.8 Å². The monoisotopic (exact) mass is 407 g/mol. The van der Waals surface area contributed by atoms with E-state index in [1.54, 1.807) is 0 Å². The molecule has 0 radical (unpaired) electrons. The summed E-state index contributed by atoms with van der Waals surface area (Å²) < 4.78 is 32.0. The number of nitro benzene ring substituents is 1. The lowest BCUT2D eigenvalue weighted by atomic mass is 10.2. The van der Waals surface area contributed by atoms with Crippen LogP contribution in [0.1, 0.15) is 16.8 Å². The number of carbonyl (C=O) groups is 1. The van der Waals surface area contributed by atoms with E-state index in [0.29, 0.717) is 12.1 Å². The van der Waals surface area contributed by atoms with Gasteiger partial charge in [-0.25, -0.2) is 13.1 Å². The van der Waals surface area contributed by atoms with Gasteiger partial charge in [0.2, 0.25) is 10.0 Å². The van der Waals surface area contributed by atoms with E-state index in [9.17, 15) is 28.4 Å².